The molecule has 0 radical (unpaired) electrons. The molecule has 0 fully saturated rings. The summed E-state index contributed by atoms with van der Waals surface area (Å²) in [5.41, 5.74) is 0. The van der Waals surface area contributed by atoms with Gasteiger partial charge in [0, 0.05) is 32.7 Å². The molecule has 0 saturated heterocycles. The molecular weight excluding hydrogens is 180 g/mol. The van der Waals surface area contributed by atoms with Crippen LogP contribution in [0.15, 0.2) is 0 Å². The van der Waals surface area contributed by atoms with Crippen LogP contribution in [0.25, 0.3) is 0 Å². The van der Waals surface area contributed by atoms with Gasteiger partial charge in [-0.3, -0.25) is 4.79 Å². The molecule has 84 valence electrons. The van der Waals surface area contributed by atoms with E-state index in [-0.39, 0.29) is 11.8 Å². The van der Waals surface area contributed by atoms with Crippen LogP contribution in [0.4, 0.5) is 0 Å². The minimum absolute atomic E-state index is 0.0941. The smallest absolute Gasteiger partial charge is 0.220 e. The highest BCUT2D eigenvalue weighted by molar-refractivity contribution is 5.76. The zero-order valence-electron chi connectivity index (χ0n) is 9.59. The van der Waals surface area contributed by atoms with Gasteiger partial charge in [0.05, 0.1) is 0 Å². The van der Waals surface area contributed by atoms with Crippen LogP contribution in [-0.4, -0.2) is 39.3 Å². The summed E-state index contributed by atoms with van der Waals surface area (Å²) in [6.45, 7) is 5.34. The SMILES string of the molecule is CNC(C)CNC(=O)CC(C)COC. The lowest BCUT2D eigenvalue weighted by atomic mass is 10.1. The van der Waals surface area contributed by atoms with E-state index in [1.807, 2.05) is 20.9 Å². The number of carbonyl (C=O) groups excluding carboxylic acids is 1. The largest absolute Gasteiger partial charge is 0.384 e. The predicted molar refractivity (Wildman–Crippen MR) is 57.2 cm³/mol. The van der Waals surface area contributed by atoms with E-state index in [4.69, 9.17) is 4.74 Å². The normalized spacial score (nSPS) is 14.9. The van der Waals surface area contributed by atoms with E-state index in [1.165, 1.54) is 0 Å². The van der Waals surface area contributed by atoms with Gasteiger partial charge in [-0.25, -0.2) is 0 Å². The second-order valence-corrected chi connectivity index (χ2v) is 3.76. The van der Waals surface area contributed by atoms with E-state index < -0.39 is 0 Å². The zero-order valence-corrected chi connectivity index (χ0v) is 9.59. The first-order chi connectivity index (χ1) is 6.60. The molecule has 0 aromatic carbocycles. The van der Waals surface area contributed by atoms with Gasteiger partial charge in [-0.2, -0.15) is 0 Å². The van der Waals surface area contributed by atoms with Crippen molar-refractivity contribution in [2.45, 2.75) is 26.3 Å². The van der Waals surface area contributed by atoms with Crippen molar-refractivity contribution >= 4 is 5.91 Å². The molecule has 0 rings (SSSR count). The summed E-state index contributed by atoms with van der Waals surface area (Å²) in [7, 11) is 3.53. The number of methoxy groups -OCH3 is 1. The molecule has 2 unspecified atom stereocenters. The van der Waals surface area contributed by atoms with E-state index in [0.29, 0.717) is 25.6 Å². The Morgan fingerprint density at radius 1 is 1.43 bits per heavy atom. The molecular formula is C10H22N2O2. The molecule has 0 heterocycles. The van der Waals surface area contributed by atoms with Crippen molar-refractivity contribution in [2.24, 2.45) is 5.92 Å². The maximum Gasteiger partial charge on any atom is 0.220 e. The molecule has 0 aliphatic carbocycles. The number of hydrogen-bond acceptors (Lipinski definition) is 3. The van der Waals surface area contributed by atoms with E-state index in [2.05, 4.69) is 10.6 Å². The van der Waals surface area contributed by atoms with Crippen LogP contribution in [0.2, 0.25) is 0 Å². The average Bonchev–Trinajstić information content (AvgIpc) is 2.14. The topological polar surface area (TPSA) is 50.4 Å². The molecule has 0 spiro atoms. The van der Waals surface area contributed by atoms with Gasteiger partial charge in [0.15, 0.2) is 0 Å². The summed E-state index contributed by atoms with van der Waals surface area (Å²) in [6, 6.07) is 0.316. The highest BCUT2D eigenvalue weighted by Crippen LogP contribution is 2.00. The van der Waals surface area contributed by atoms with Crippen LogP contribution < -0.4 is 10.6 Å². The predicted octanol–water partition coefficient (Wildman–Crippen LogP) is 0.383. The van der Waals surface area contributed by atoms with Crippen LogP contribution in [-0.2, 0) is 9.53 Å². The summed E-state index contributed by atoms with van der Waals surface area (Å²) in [5, 5.41) is 5.93. The quantitative estimate of drug-likeness (QED) is 0.627. The van der Waals surface area contributed by atoms with Gasteiger partial charge in [0.1, 0.15) is 0 Å². The Hall–Kier alpha value is -0.610. The van der Waals surface area contributed by atoms with Gasteiger partial charge in [-0.15, -0.1) is 0 Å². The van der Waals surface area contributed by atoms with Gasteiger partial charge >= 0.3 is 0 Å². The van der Waals surface area contributed by atoms with Crippen molar-refractivity contribution < 1.29 is 9.53 Å². The number of carbonyl (C=O) groups is 1. The molecule has 0 aromatic heterocycles. The number of ether oxygens (including phenoxy) is 1. The molecule has 14 heavy (non-hydrogen) atoms. The Bertz CT molecular complexity index is 162. The first kappa shape index (κ1) is 13.4. The lowest BCUT2D eigenvalue weighted by Crippen LogP contribution is -2.37. The second-order valence-electron chi connectivity index (χ2n) is 3.76. The van der Waals surface area contributed by atoms with Crippen LogP contribution >= 0.6 is 0 Å². The van der Waals surface area contributed by atoms with Gasteiger partial charge in [-0.1, -0.05) is 6.92 Å². The van der Waals surface area contributed by atoms with Gasteiger partial charge in [0.2, 0.25) is 5.91 Å². The third-order valence-corrected chi connectivity index (χ3v) is 2.08. The molecule has 1 amide bonds. The van der Waals surface area contributed by atoms with Crippen LogP contribution in [0.3, 0.4) is 0 Å². The monoisotopic (exact) mass is 202 g/mol. The van der Waals surface area contributed by atoms with E-state index in [0.717, 1.165) is 0 Å². The third kappa shape index (κ3) is 6.86. The Balaban J connectivity index is 3.54. The summed E-state index contributed by atoms with van der Waals surface area (Å²) in [6.07, 6.45) is 0.532. The summed E-state index contributed by atoms with van der Waals surface area (Å²) >= 11 is 0. The molecule has 0 saturated carbocycles. The fourth-order valence-corrected chi connectivity index (χ4v) is 1.10. The lowest BCUT2D eigenvalue weighted by molar-refractivity contribution is -0.122. The van der Waals surface area contributed by atoms with Gasteiger partial charge in [-0.05, 0) is 19.9 Å². The van der Waals surface area contributed by atoms with Crippen molar-refractivity contribution in [1.29, 1.82) is 0 Å². The first-order valence-corrected chi connectivity index (χ1v) is 5.03. The molecule has 4 nitrogen and oxygen atoms in total. The average molecular weight is 202 g/mol. The van der Waals surface area contributed by atoms with E-state index >= 15 is 0 Å². The van der Waals surface area contributed by atoms with Crippen molar-refractivity contribution in [3.63, 3.8) is 0 Å². The highest BCUT2D eigenvalue weighted by atomic mass is 16.5. The van der Waals surface area contributed by atoms with Crippen molar-refractivity contribution in [2.75, 3.05) is 27.3 Å². The number of hydrogen-bond donors (Lipinski definition) is 2. The maximum atomic E-state index is 11.4. The molecule has 2 atom stereocenters. The van der Waals surface area contributed by atoms with Crippen LogP contribution in [0.1, 0.15) is 20.3 Å². The fraction of sp³-hybridized carbons (Fsp3) is 0.900. The Kier molecular flexibility index (Phi) is 7.42. The van der Waals surface area contributed by atoms with Gasteiger partial charge < -0.3 is 15.4 Å². The number of rotatable bonds is 7. The molecule has 0 aliphatic heterocycles. The molecule has 0 aromatic rings. The zero-order chi connectivity index (χ0) is 11.0. The summed E-state index contributed by atoms with van der Waals surface area (Å²) in [5.74, 6) is 0.376. The minimum atomic E-state index is 0.0941. The van der Waals surface area contributed by atoms with Crippen LogP contribution in [0.5, 0.6) is 0 Å². The number of amides is 1. The highest BCUT2D eigenvalue weighted by Gasteiger charge is 2.09. The van der Waals surface area contributed by atoms with Crippen molar-refractivity contribution in [1.82, 2.24) is 10.6 Å². The standard InChI is InChI=1S/C10H22N2O2/c1-8(7-14-4)5-10(13)12-6-9(2)11-3/h8-9,11H,5-7H2,1-4H3,(H,12,13). The molecule has 2 N–H and O–H groups in total. The minimum Gasteiger partial charge on any atom is -0.384 e. The van der Waals surface area contributed by atoms with E-state index in [9.17, 15) is 4.79 Å². The maximum absolute atomic E-state index is 11.4. The molecule has 0 aliphatic rings. The Morgan fingerprint density at radius 3 is 2.57 bits per heavy atom. The fourth-order valence-electron chi connectivity index (χ4n) is 1.10. The first-order valence-electron chi connectivity index (χ1n) is 5.03. The van der Waals surface area contributed by atoms with Crippen molar-refractivity contribution in [3.05, 3.63) is 0 Å². The molecule has 4 heteroatoms. The van der Waals surface area contributed by atoms with Crippen molar-refractivity contribution in [3.8, 4) is 0 Å². The number of nitrogens with one attached hydrogen (secondary N) is 2. The van der Waals surface area contributed by atoms with E-state index in [1.54, 1.807) is 7.11 Å². The van der Waals surface area contributed by atoms with Crippen LogP contribution in [0, 0.1) is 5.92 Å². The molecule has 0 bridgehead atoms. The second kappa shape index (κ2) is 7.76. The number of likely N-dealkylation sites (N-methyl/N-ethyl adjacent to an activating group) is 1. The lowest BCUT2D eigenvalue weighted by Gasteiger charge is -2.13. The Labute approximate surface area is 86.4 Å². The third-order valence-electron chi connectivity index (χ3n) is 2.08. The Morgan fingerprint density at radius 2 is 2.07 bits per heavy atom. The summed E-state index contributed by atoms with van der Waals surface area (Å²) in [4.78, 5) is 11.4. The summed E-state index contributed by atoms with van der Waals surface area (Å²) < 4.78 is 4.96. The van der Waals surface area contributed by atoms with Gasteiger partial charge in [0.25, 0.3) is 0 Å².